The smallest absolute Gasteiger partial charge is 0.374 e. The second-order valence-corrected chi connectivity index (χ2v) is 14.3. The molecule has 10 nitrogen and oxygen atoms in total. The predicted octanol–water partition coefficient (Wildman–Crippen LogP) is 5.96. The molecule has 234 valence electrons. The van der Waals surface area contributed by atoms with Crippen molar-refractivity contribution in [1.82, 2.24) is 0 Å². The molecule has 0 spiro atoms. The molecule has 0 unspecified atom stereocenters. The first-order valence-corrected chi connectivity index (χ1v) is 17.8. The van der Waals surface area contributed by atoms with Gasteiger partial charge in [-0.15, -0.1) is 0 Å². The lowest BCUT2D eigenvalue weighted by molar-refractivity contribution is -0.677. The van der Waals surface area contributed by atoms with Gasteiger partial charge in [-0.1, -0.05) is 71.7 Å². The number of halogens is 2. The van der Waals surface area contributed by atoms with Crippen LogP contribution in [0.3, 0.4) is 0 Å². The number of oxazole rings is 1. The number of allylic oxidation sites excluding steroid dienone is 2. The predicted molar refractivity (Wildman–Crippen MR) is 171 cm³/mol. The molecule has 0 bridgehead atoms. The minimum absolute atomic E-state index is 0.0557. The van der Waals surface area contributed by atoms with Gasteiger partial charge in [0.1, 0.15) is 0 Å². The molecule has 0 N–H and O–H groups in total. The fourth-order valence-corrected chi connectivity index (χ4v) is 6.98. The highest BCUT2D eigenvalue weighted by atomic mass is 35.5. The van der Waals surface area contributed by atoms with Gasteiger partial charge in [0, 0.05) is 52.1 Å². The van der Waals surface area contributed by atoms with Crippen LogP contribution in [-0.4, -0.2) is 44.0 Å². The molecular weight excluding hydrogens is 663 g/mol. The van der Waals surface area contributed by atoms with E-state index in [2.05, 4.69) is 0 Å². The SMILES string of the molecule is O=S(=O)([O-])CCCN1C(=CC=Cc2oc3c4ccccc4c(Cl)cc3[n+]2CCCS(=O)(=O)[O-])Oc2c1cc(Cl)c1ccccc21. The Bertz CT molecular complexity index is 2250. The van der Waals surface area contributed by atoms with Crippen molar-refractivity contribution in [1.29, 1.82) is 0 Å². The van der Waals surface area contributed by atoms with Crippen LogP contribution in [0.5, 0.6) is 5.75 Å². The van der Waals surface area contributed by atoms with Crippen LogP contribution in [0.25, 0.3) is 38.7 Å². The number of aryl methyl sites for hydroxylation is 1. The monoisotopic (exact) mass is 687 g/mol. The summed E-state index contributed by atoms with van der Waals surface area (Å²) in [5, 5.41) is 4.07. The molecule has 1 aliphatic rings. The molecule has 0 amide bonds. The van der Waals surface area contributed by atoms with Gasteiger partial charge < -0.3 is 23.2 Å². The van der Waals surface area contributed by atoms with E-state index in [0.717, 1.165) is 21.5 Å². The first-order chi connectivity index (χ1) is 21.4. The quantitative estimate of drug-likeness (QED) is 0.128. The lowest BCUT2D eigenvalue weighted by Gasteiger charge is -2.19. The summed E-state index contributed by atoms with van der Waals surface area (Å²) in [6.45, 7) is 0.337. The molecule has 1 aromatic heterocycles. The molecule has 0 atom stereocenters. The second kappa shape index (κ2) is 12.3. The Hall–Kier alpha value is -3.65. The number of fused-ring (bicyclic) bond motifs is 6. The summed E-state index contributed by atoms with van der Waals surface area (Å²) < 4.78 is 82.1. The molecule has 45 heavy (non-hydrogen) atoms. The molecule has 5 aromatic rings. The minimum atomic E-state index is -4.42. The Morgan fingerprint density at radius 3 is 2.11 bits per heavy atom. The molecule has 4 aromatic carbocycles. The molecule has 0 aliphatic carbocycles. The highest BCUT2D eigenvalue weighted by Crippen LogP contribution is 2.47. The zero-order chi connectivity index (χ0) is 31.9. The Morgan fingerprint density at radius 2 is 1.42 bits per heavy atom. The summed E-state index contributed by atoms with van der Waals surface area (Å²) in [7, 11) is -8.84. The third-order valence-electron chi connectivity index (χ3n) is 7.41. The Balaban J connectivity index is 1.40. The maximum Gasteiger partial charge on any atom is 0.374 e. The lowest BCUT2D eigenvalue weighted by Crippen LogP contribution is -2.36. The van der Waals surface area contributed by atoms with Crippen molar-refractivity contribution >= 4 is 87.8 Å². The third-order valence-corrected chi connectivity index (χ3v) is 9.61. The van der Waals surface area contributed by atoms with E-state index in [0.29, 0.717) is 44.4 Å². The number of ether oxygens (including phenoxy) is 1. The molecule has 0 saturated carbocycles. The van der Waals surface area contributed by atoms with Crippen molar-refractivity contribution in [2.45, 2.75) is 19.4 Å². The molecule has 14 heteroatoms. The number of rotatable bonds is 10. The van der Waals surface area contributed by atoms with Crippen molar-refractivity contribution in [3.63, 3.8) is 0 Å². The van der Waals surface area contributed by atoms with E-state index >= 15 is 0 Å². The average Bonchev–Trinajstić information content (AvgIpc) is 3.50. The van der Waals surface area contributed by atoms with Gasteiger partial charge in [0.05, 0.1) is 42.0 Å². The van der Waals surface area contributed by atoms with Gasteiger partial charge in [-0.25, -0.2) is 16.8 Å². The molecular formula is C31H25Cl2N2O8S2-. The molecule has 1 aliphatic heterocycles. The van der Waals surface area contributed by atoms with E-state index in [1.54, 1.807) is 39.8 Å². The summed E-state index contributed by atoms with van der Waals surface area (Å²) in [5.74, 6) is 0.185. The van der Waals surface area contributed by atoms with E-state index in [1.807, 2.05) is 48.5 Å². The van der Waals surface area contributed by atoms with Crippen LogP contribution < -0.4 is 14.2 Å². The number of hydrogen-bond acceptors (Lipinski definition) is 9. The summed E-state index contributed by atoms with van der Waals surface area (Å²) in [6.07, 6.45) is 5.11. The lowest BCUT2D eigenvalue weighted by atomic mass is 10.1. The first-order valence-electron chi connectivity index (χ1n) is 13.9. The van der Waals surface area contributed by atoms with Gasteiger partial charge >= 0.3 is 5.89 Å². The number of nitrogens with zero attached hydrogens (tertiary/aromatic N) is 2. The normalized spacial score (nSPS) is 14.8. The van der Waals surface area contributed by atoms with Gasteiger partial charge in [-0.2, -0.15) is 4.57 Å². The summed E-state index contributed by atoms with van der Waals surface area (Å²) in [5.41, 5.74) is 1.79. The first kappa shape index (κ1) is 31.3. The largest absolute Gasteiger partial charge is 0.748 e. The van der Waals surface area contributed by atoms with Gasteiger partial charge in [-0.3, -0.25) is 0 Å². The second-order valence-electron chi connectivity index (χ2n) is 10.4. The number of anilines is 1. The van der Waals surface area contributed by atoms with Crippen LogP contribution in [0.2, 0.25) is 10.0 Å². The number of benzene rings is 4. The zero-order valence-electron chi connectivity index (χ0n) is 23.5. The van der Waals surface area contributed by atoms with Crippen molar-refractivity contribution < 1.29 is 39.7 Å². The van der Waals surface area contributed by atoms with Crippen LogP contribution in [0, 0.1) is 0 Å². The molecule has 6 rings (SSSR count). The van der Waals surface area contributed by atoms with Crippen molar-refractivity contribution in [2.24, 2.45) is 0 Å². The van der Waals surface area contributed by atoms with Gasteiger partial charge in [0.25, 0.3) is 5.52 Å². The Labute approximate surface area is 269 Å². The van der Waals surface area contributed by atoms with Crippen molar-refractivity contribution in [3.05, 3.63) is 94.6 Å². The highest BCUT2D eigenvalue weighted by molar-refractivity contribution is 7.85. The fourth-order valence-electron chi connectivity index (χ4n) is 5.47. The van der Waals surface area contributed by atoms with E-state index in [4.69, 9.17) is 32.4 Å². The van der Waals surface area contributed by atoms with Crippen molar-refractivity contribution in [2.75, 3.05) is 23.0 Å². The molecule has 0 saturated heterocycles. The van der Waals surface area contributed by atoms with Crippen LogP contribution in [0.15, 0.2) is 83.1 Å². The van der Waals surface area contributed by atoms with Crippen LogP contribution >= 0.6 is 23.2 Å². The number of aromatic nitrogens is 1. The minimum Gasteiger partial charge on any atom is -0.748 e. The maximum absolute atomic E-state index is 11.3. The van der Waals surface area contributed by atoms with Gasteiger partial charge in [-0.05, 0) is 24.6 Å². The summed E-state index contributed by atoms with van der Waals surface area (Å²) in [6, 6.07) is 18.4. The third kappa shape index (κ3) is 6.67. The molecule has 0 fully saturated rings. The van der Waals surface area contributed by atoms with Gasteiger partial charge in [0.2, 0.25) is 11.5 Å². The van der Waals surface area contributed by atoms with Crippen LogP contribution in [0.1, 0.15) is 18.7 Å². The standard InChI is InChI=1S/C31H26Cl2N2O8S2/c32-24-18-26-30(22-10-3-1-8-20(22)24)42-28(34(26)14-6-16-44(36,37)38)12-5-13-29-35(15-7-17-45(39,40)41)27-19-25(33)21-9-2-4-11-23(21)31(27)43-29/h1-5,8-13,18-19H,6-7,14-17H2,(H-,36,37,38,39,40,41)/p-1. The number of hydrogen-bond donors (Lipinski definition) is 0. The van der Waals surface area contributed by atoms with Crippen LogP contribution in [-0.2, 0) is 26.8 Å². The van der Waals surface area contributed by atoms with Crippen LogP contribution in [0.4, 0.5) is 5.69 Å². The highest BCUT2D eigenvalue weighted by Gasteiger charge is 2.29. The van der Waals surface area contributed by atoms with E-state index < -0.39 is 31.7 Å². The van der Waals surface area contributed by atoms with Gasteiger partial charge in [0.15, 0.2) is 12.3 Å². The summed E-state index contributed by atoms with van der Waals surface area (Å²) in [4.78, 5) is 1.75. The maximum atomic E-state index is 11.3. The Morgan fingerprint density at radius 1 is 0.822 bits per heavy atom. The topological polar surface area (TPSA) is 144 Å². The van der Waals surface area contributed by atoms with E-state index in [9.17, 15) is 25.9 Å². The average molecular weight is 689 g/mol. The van der Waals surface area contributed by atoms with E-state index in [1.165, 1.54) is 0 Å². The summed E-state index contributed by atoms with van der Waals surface area (Å²) >= 11 is 13.2. The Kier molecular flexibility index (Phi) is 8.55. The van der Waals surface area contributed by atoms with Crippen molar-refractivity contribution in [3.8, 4) is 5.75 Å². The van der Waals surface area contributed by atoms with E-state index in [-0.39, 0.29) is 25.9 Å². The fraction of sp³-hybridized carbons (Fsp3) is 0.194. The molecule has 2 heterocycles. The molecule has 0 radical (unpaired) electrons. The zero-order valence-corrected chi connectivity index (χ0v) is 26.6.